The van der Waals surface area contributed by atoms with Crippen LogP contribution < -0.4 is 0 Å². The van der Waals surface area contributed by atoms with Crippen molar-refractivity contribution in [2.24, 2.45) is 10.8 Å². The van der Waals surface area contributed by atoms with Gasteiger partial charge in [-0.2, -0.15) is 0 Å². The van der Waals surface area contributed by atoms with Gasteiger partial charge in [0.05, 0.1) is 0 Å². The van der Waals surface area contributed by atoms with E-state index in [9.17, 15) is 0 Å². The van der Waals surface area contributed by atoms with E-state index in [1.54, 1.807) is 5.57 Å². The van der Waals surface area contributed by atoms with Crippen molar-refractivity contribution in [1.82, 2.24) is 0 Å². The summed E-state index contributed by atoms with van der Waals surface area (Å²) < 4.78 is 1.23. The first-order valence-corrected chi connectivity index (χ1v) is 11.0. The molecule has 1 aliphatic carbocycles. The van der Waals surface area contributed by atoms with Crippen molar-refractivity contribution < 1.29 is 0 Å². The lowest BCUT2D eigenvalue weighted by Crippen LogP contribution is -2.33. The maximum Gasteiger partial charge on any atom is 0.0113 e. The van der Waals surface area contributed by atoms with Crippen molar-refractivity contribution in [3.63, 3.8) is 0 Å². The average Bonchev–Trinajstić information content (AvgIpc) is 2.57. The Morgan fingerprint density at radius 3 is 2.29 bits per heavy atom. The number of alkyl halides is 1. The molecule has 1 aromatic carbocycles. The molecule has 0 amide bonds. The molecular weight excluding hydrogens is 403 g/mol. The highest BCUT2D eigenvalue weighted by molar-refractivity contribution is 14.1. The summed E-state index contributed by atoms with van der Waals surface area (Å²) in [5, 5.41) is 0. The molecule has 0 saturated carbocycles. The van der Waals surface area contributed by atoms with Gasteiger partial charge in [-0.05, 0) is 58.6 Å². The minimum Gasteiger partial charge on any atom is -0.0864 e. The maximum absolute atomic E-state index is 2.51. The molecule has 0 spiro atoms. The van der Waals surface area contributed by atoms with Crippen LogP contribution >= 0.6 is 22.6 Å². The van der Waals surface area contributed by atoms with Gasteiger partial charge >= 0.3 is 0 Å². The van der Waals surface area contributed by atoms with Gasteiger partial charge in [-0.25, -0.2) is 0 Å². The lowest BCUT2D eigenvalue weighted by molar-refractivity contribution is 0.310. The predicted molar refractivity (Wildman–Crippen MR) is 117 cm³/mol. The quantitative estimate of drug-likeness (QED) is 0.244. The van der Waals surface area contributed by atoms with Crippen LogP contribution in [0.15, 0.2) is 42.0 Å². The molecule has 0 heterocycles. The normalized spacial score (nSPS) is 24.9. The first-order valence-electron chi connectivity index (χ1n) is 9.46. The van der Waals surface area contributed by atoms with Crippen LogP contribution in [-0.4, -0.2) is 4.43 Å². The van der Waals surface area contributed by atoms with Crippen LogP contribution in [0.1, 0.15) is 71.4 Å². The van der Waals surface area contributed by atoms with Gasteiger partial charge < -0.3 is 0 Å². The van der Waals surface area contributed by atoms with E-state index in [1.165, 1.54) is 40.4 Å². The zero-order valence-corrected chi connectivity index (χ0v) is 18.2. The number of benzene rings is 1. The SMILES string of the molecule is CC/C=C1/C(C)(C)C(c2ccc(CCCI)cc2)=CC[C@]1(C)CC. The summed E-state index contributed by atoms with van der Waals surface area (Å²) >= 11 is 2.46. The molecule has 0 bridgehead atoms. The zero-order chi connectivity index (χ0) is 17.8. The Balaban J connectivity index is 2.38. The molecule has 2 rings (SSSR count). The number of aryl methyl sites for hydroxylation is 1. The van der Waals surface area contributed by atoms with Crippen molar-refractivity contribution in [2.45, 2.75) is 66.7 Å². The van der Waals surface area contributed by atoms with Crippen molar-refractivity contribution in [3.8, 4) is 0 Å². The van der Waals surface area contributed by atoms with Gasteiger partial charge in [0, 0.05) is 5.41 Å². The molecule has 1 heteroatoms. The van der Waals surface area contributed by atoms with Gasteiger partial charge in [0.2, 0.25) is 0 Å². The predicted octanol–water partition coefficient (Wildman–Crippen LogP) is 7.62. The second-order valence-electron chi connectivity index (χ2n) is 7.88. The molecule has 1 aromatic rings. The van der Waals surface area contributed by atoms with E-state index >= 15 is 0 Å². The fourth-order valence-corrected chi connectivity index (χ4v) is 4.61. The van der Waals surface area contributed by atoms with Crippen molar-refractivity contribution in [3.05, 3.63) is 53.1 Å². The van der Waals surface area contributed by atoms with E-state index in [2.05, 4.69) is 93.6 Å². The summed E-state index contributed by atoms with van der Waals surface area (Å²) in [7, 11) is 0. The summed E-state index contributed by atoms with van der Waals surface area (Å²) in [5.74, 6) is 0. The lowest BCUT2D eigenvalue weighted by atomic mass is 9.58. The number of hydrogen-bond acceptors (Lipinski definition) is 0. The fraction of sp³-hybridized carbons (Fsp3) is 0.565. The van der Waals surface area contributed by atoms with Gasteiger partial charge in [-0.1, -0.05) is 99.2 Å². The third kappa shape index (κ3) is 3.98. The Morgan fingerprint density at radius 1 is 1.08 bits per heavy atom. The molecule has 132 valence electrons. The summed E-state index contributed by atoms with van der Waals surface area (Å²) in [6, 6.07) is 9.34. The van der Waals surface area contributed by atoms with E-state index in [-0.39, 0.29) is 5.41 Å². The highest BCUT2D eigenvalue weighted by Gasteiger charge is 2.41. The molecule has 1 aliphatic rings. The van der Waals surface area contributed by atoms with Gasteiger partial charge in [-0.15, -0.1) is 0 Å². The van der Waals surface area contributed by atoms with Gasteiger partial charge in [0.15, 0.2) is 0 Å². The number of hydrogen-bond donors (Lipinski definition) is 0. The van der Waals surface area contributed by atoms with E-state index < -0.39 is 0 Å². The Labute approximate surface area is 163 Å². The second kappa shape index (κ2) is 8.21. The van der Waals surface area contributed by atoms with Crippen LogP contribution in [0.5, 0.6) is 0 Å². The van der Waals surface area contributed by atoms with Crippen LogP contribution in [0.4, 0.5) is 0 Å². The molecule has 0 aliphatic heterocycles. The first kappa shape index (κ1) is 19.8. The summed E-state index contributed by atoms with van der Waals surface area (Å²) in [6.07, 6.45) is 11.0. The van der Waals surface area contributed by atoms with Crippen LogP contribution in [0.25, 0.3) is 5.57 Å². The largest absolute Gasteiger partial charge is 0.0864 e. The summed E-state index contributed by atoms with van der Waals surface area (Å²) in [4.78, 5) is 0. The van der Waals surface area contributed by atoms with Crippen LogP contribution in [-0.2, 0) is 6.42 Å². The highest BCUT2D eigenvalue weighted by Crippen LogP contribution is 2.55. The molecule has 0 fully saturated rings. The minimum atomic E-state index is 0.114. The van der Waals surface area contributed by atoms with Gasteiger partial charge in [0.1, 0.15) is 0 Å². The van der Waals surface area contributed by atoms with Crippen LogP contribution in [0.2, 0.25) is 0 Å². The molecule has 0 N–H and O–H groups in total. The number of allylic oxidation sites excluding steroid dienone is 4. The number of rotatable bonds is 6. The Hall–Kier alpha value is -0.570. The van der Waals surface area contributed by atoms with E-state index in [0.29, 0.717) is 5.41 Å². The van der Waals surface area contributed by atoms with Crippen LogP contribution in [0.3, 0.4) is 0 Å². The van der Waals surface area contributed by atoms with Crippen molar-refractivity contribution in [1.29, 1.82) is 0 Å². The summed E-state index contributed by atoms with van der Waals surface area (Å²) in [5.41, 5.74) is 6.43. The minimum absolute atomic E-state index is 0.114. The Morgan fingerprint density at radius 2 is 1.75 bits per heavy atom. The van der Waals surface area contributed by atoms with Crippen molar-refractivity contribution in [2.75, 3.05) is 4.43 Å². The molecule has 0 nitrogen and oxygen atoms in total. The fourth-order valence-electron chi connectivity index (χ4n) is 4.23. The number of halogens is 1. The highest BCUT2D eigenvalue weighted by atomic mass is 127. The molecule has 0 saturated heterocycles. The van der Waals surface area contributed by atoms with Gasteiger partial charge in [0.25, 0.3) is 0 Å². The topological polar surface area (TPSA) is 0 Å². The Bertz CT molecular complexity index is 603. The van der Waals surface area contributed by atoms with E-state index in [0.717, 1.165) is 12.8 Å². The lowest BCUT2D eigenvalue weighted by Gasteiger charge is -2.46. The molecule has 1 atom stereocenters. The second-order valence-corrected chi connectivity index (χ2v) is 8.96. The summed E-state index contributed by atoms with van der Waals surface area (Å²) in [6.45, 7) is 11.9. The zero-order valence-electron chi connectivity index (χ0n) is 16.1. The monoisotopic (exact) mass is 436 g/mol. The first-order chi connectivity index (χ1) is 11.4. The molecular formula is C23H33I. The van der Waals surface area contributed by atoms with E-state index in [4.69, 9.17) is 0 Å². The smallest absolute Gasteiger partial charge is 0.0113 e. The third-order valence-corrected chi connectivity index (χ3v) is 6.57. The molecule has 0 unspecified atom stereocenters. The molecule has 0 radical (unpaired) electrons. The maximum atomic E-state index is 2.51. The standard InChI is InChI=1S/C23H33I/c1-6-9-21-22(3,4)20(15-16-23(21,5)7-2)19-13-11-18(12-14-19)10-8-17-24/h9,11-15H,6-8,10,16-17H2,1-5H3/b21-9-/t23-/m0/s1. The van der Waals surface area contributed by atoms with Gasteiger partial charge in [-0.3, -0.25) is 0 Å². The van der Waals surface area contributed by atoms with E-state index in [1.807, 2.05) is 0 Å². The molecule has 24 heavy (non-hydrogen) atoms. The Kier molecular flexibility index (Phi) is 6.75. The van der Waals surface area contributed by atoms with Crippen LogP contribution in [0, 0.1) is 10.8 Å². The van der Waals surface area contributed by atoms with Crippen molar-refractivity contribution >= 4 is 28.2 Å². The average molecular weight is 436 g/mol. The molecule has 0 aromatic heterocycles. The third-order valence-electron chi connectivity index (χ3n) is 5.81.